The van der Waals surface area contributed by atoms with Gasteiger partial charge in [0.2, 0.25) is 0 Å². The standard InChI is InChI=1S/C13H19N3O2/c17-12(18)8-13(4-2-1-3-5-13)10-16-11-9-14-6-7-15-11/h6-7,9H,1-5,8,10H2,(H,15,16)(H,17,18). The van der Waals surface area contributed by atoms with Gasteiger partial charge in [0, 0.05) is 18.9 Å². The Bertz CT molecular complexity index is 388. The summed E-state index contributed by atoms with van der Waals surface area (Å²) in [6, 6.07) is 0. The first-order valence-electron chi connectivity index (χ1n) is 6.42. The maximum Gasteiger partial charge on any atom is 0.303 e. The predicted molar refractivity (Wildman–Crippen MR) is 68.3 cm³/mol. The summed E-state index contributed by atoms with van der Waals surface area (Å²) in [5.41, 5.74) is -0.123. The third-order valence-electron chi connectivity index (χ3n) is 3.65. The van der Waals surface area contributed by atoms with E-state index in [1.54, 1.807) is 18.6 Å². The van der Waals surface area contributed by atoms with E-state index < -0.39 is 5.97 Å². The van der Waals surface area contributed by atoms with Crippen LogP contribution in [0.5, 0.6) is 0 Å². The summed E-state index contributed by atoms with van der Waals surface area (Å²) >= 11 is 0. The number of anilines is 1. The SMILES string of the molecule is O=C(O)CC1(CNc2cnccn2)CCCCC1. The van der Waals surface area contributed by atoms with Crippen LogP contribution in [-0.2, 0) is 4.79 Å². The van der Waals surface area contributed by atoms with Crippen molar-refractivity contribution in [2.75, 3.05) is 11.9 Å². The van der Waals surface area contributed by atoms with Crippen molar-refractivity contribution in [3.05, 3.63) is 18.6 Å². The van der Waals surface area contributed by atoms with Gasteiger partial charge in [-0.2, -0.15) is 0 Å². The number of rotatable bonds is 5. The summed E-state index contributed by atoms with van der Waals surface area (Å²) in [6.07, 6.45) is 10.6. The summed E-state index contributed by atoms with van der Waals surface area (Å²) in [4.78, 5) is 19.2. The van der Waals surface area contributed by atoms with Crippen LogP contribution in [0.4, 0.5) is 5.82 Å². The molecule has 2 N–H and O–H groups in total. The number of carboxylic acid groups (broad SMARTS) is 1. The van der Waals surface area contributed by atoms with Gasteiger partial charge in [-0.25, -0.2) is 4.98 Å². The fraction of sp³-hybridized carbons (Fsp3) is 0.615. The van der Waals surface area contributed by atoms with Crippen molar-refractivity contribution in [2.24, 2.45) is 5.41 Å². The topological polar surface area (TPSA) is 75.1 Å². The molecule has 0 amide bonds. The lowest BCUT2D eigenvalue weighted by Crippen LogP contribution is -2.34. The Morgan fingerprint density at radius 2 is 2.11 bits per heavy atom. The van der Waals surface area contributed by atoms with Crippen molar-refractivity contribution in [2.45, 2.75) is 38.5 Å². The van der Waals surface area contributed by atoms with E-state index in [0.717, 1.165) is 25.7 Å². The van der Waals surface area contributed by atoms with Gasteiger partial charge in [0.05, 0.1) is 12.6 Å². The Hall–Kier alpha value is -1.65. The lowest BCUT2D eigenvalue weighted by molar-refractivity contribution is -0.140. The van der Waals surface area contributed by atoms with Crippen LogP contribution in [0.1, 0.15) is 38.5 Å². The zero-order valence-corrected chi connectivity index (χ0v) is 10.4. The number of carboxylic acids is 1. The molecule has 0 radical (unpaired) electrons. The third-order valence-corrected chi connectivity index (χ3v) is 3.65. The summed E-state index contributed by atoms with van der Waals surface area (Å²) < 4.78 is 0. The van der Waals surface area contributed by atoms with Crippen LogP contribution >= 0.6 is 0 Å². The Morgan fingerprint density at radius 1 is 1.33 bits per heavy atom. The molecule has 1 heterocycles. The smallest absolute Gasteiger partial charge is 0.303 e. The zero-order valence-electron chi connectivity index (χ0n) is 10.4. The molecule has 1 aromatic rings. The lowest BCUT2D eigenvalue weighted by Gasteiger charge is -2.36. The van der Waals surface area contributed by atoms with Crippen LogP contribution in [0.25, 0.3) is 0 Å². The molecular weight excluding hydrogens is 230 g/mol. The van der Waals surface area contributed by atoms with Crippen molar-refractivity contribution < 1.29 is 9.90 Å². The summed E-state index contributed by atoms with van der Waals surface area (Å²) in [5, 5.41) is 12.3. The molecule has 0 aliphatic heterocycles. The van der Waals surface area contributed by atoms with Crippen LogP contribution in [0.3, 0.4) is 0 Å². The van der Waals surface area contributed by atoms with Gasteiger partial charge >= 0.3 is 5.97 Å². The Labute approximate surface area is 107 Å². The Balaban J connectivity index is 1.99. The Morgan fingerprint density at radius 3 is 2.72 bits per heavy atom. The maximum atomic E-state index is 11.0. The molecule has 0 spiro atoms. The summed E-state index contributed by atoms with van der Waals surface area (Å²) in [5.74, 6) is 0.00526. The minimum atomic E-state index is -0.710. The largest absolute Gasteiger partial charge is 0.481 e. The fourth-order valence-corrected chi connectivity index (χ4v) is 2.71. The van der Waals surface area contributed by atoms with Crippen molar-refractivity contribution in [1.29, 1.82) is 0 Å². The summed E-state index contributed by atoms with van der Waals surface area (Å²) in [7, 11) is 0. The summed E-state index contributed by atoms with van der Waals surface area (Å²) in [6.45, 7) is 0.665. The third kappa shape index (κ3) is 3.42. The van der Waals surface area contributed by atoms with Gasteiger partial charge in [-0.1, -0.05) is 19.3 Å². The van der Waals surface area contributed by atoms with E-state index in [1.807, 2.05) is 0 Å². The molecule has 2 rings (SSSR count). The molecule has 1 saturated carbocycles. The minimum Gasteiger partial charge on any atom is -0.481 e. The van der Waals surface area contributed by atoms with Gasteiger partial charge in [-0.05, 0) is 18.3 Å². The van der Waals surface area contributed by atoms with Crippen LogP contribution in [0, 0.1) is 5.41 Å². The number of aromatic nitrogens is 2. The van der Waals surface area contributed by atoms with E-state index in [-0.39, 0.29) is 11.8 Å². The van der Waals surface area contributed by atoms with Crippen LogP contribution < -0.4 is 5.32 Å². The van der Waals surface area contributed by atoms with Gasteiger partial charge in [-0.3, -0.25) is 9.78 Å². The van der Waals surface area contributed by atoms with Gasteiger partial charge in [-0.15, -0.1) is 0 Å². The fourth-order valence-electron chi connectivity index (χ4n) is 2.71. The predicted octanol–water partition coefficient (Wildman–Crippen LogP) is 2.31. The molecule has 5 nitrogen and oxygen atoms in total. The highest BCUT2D eigenvalue weighted by Gasteiger charge is 2.34. The first kappa shape index (κ1) is 12.8. The number of carbonyl (C=O) groups is 1. The second-order valence-electron chi connectivity index (χ2n) is 5.08. The Kier molecular flexibility index (Phi) is 4.12. The van der Waals surface area contributed by atoms with Crippen LogP contribution in [0.2, 0.25) is 0 Å². The number of hydrogen-bond acceptors (Lipinski definition) is 4. The molecular formula is C13H19N3O2. The highest BCUT2D eigenvalue weighted by Crippen LogP contribution is 2.39. The van der Waals surface area contributed by atoms with Gasteiger partial charge in [0.25, 0.3) is 0 Å². The number of hydrogen-bond donors (Lipinski definition) is 2. The minimum absolute atomic E-state index is 0.123. The van der Waals surface area contributed by atoms with Crippen molar-refractivity contribution >= 4 is 11.8 Å². The molecule has 0 aromatic carbocycles. The normalized spacial score (nSPS) is 18.2. The van der Waals surface area contributed by atoms with Crippen molar-refractivity contribution in [1.82, 2.24) is 9.97 Å². The van der Waals surface area contributed by atoms with Gasteiger partial charge < -0.3 is 10.4 Å². The van der Waals surface area contributed by atoms with E-state index >= 15 is 0 Å². The highest BCUT2D eigenvalue weighted by molar-refractivity contribution is 5.67. The molecule has 0 saturated heterocycles. The van der Waals surface area contributed by atoms with E-state index in [0.29, 0.717) is 12.4 Å². The zero-order chi connectivity index (χ0) is 12.8. The molecule has 1 fully saturated rings. The second-order valence-corrected chi connectivity index (χ2v) is 5.08. The molecule has 98 valence electrons. The number of nitrogens with one attached hydrogen (secondary N) is 1. The quantitative estimate of drug-likeness (QED) is 0.837. The number of nitrogens with zero attached hydrogens (tertiary/aromatic N) is 2. The van der Waals surface area contributed by atoms with Gasteiger partial charge in [0.15, 0.2) is 0 Å². The molecule has 0 bridgehead atoms. The first-order chi connectivity index (χ1) is 8.70. The van der Waals surface area contributed by atoms with Crippen LogP contribution in [0.15, 0.2) is 18.6 Å². The average molecular weight is 249 g/mol. The molecule has 5 heteroatoms. The first-order valence-corrected chi connectivity index (χ1v) is 6.42. The highest BCUT2D eigenvalue weighted by atomic mass is 16.4. The monoisotopic (exact) mass is 249 g/mol. The van der Waals surface area contributed by atoms with Crippen molar-refractivity contribution in [3.63, 3.8) is 0 Å². The number of aliphatic carboxylic acids is 1. The van der Waals surface area contributed by atoms with E-state index in [9.17, 15) is 4.79 Å². The molecule has 0 atom stereocenters. The van der Waals surface area contributed by atoms with Crippen molar-refractivity contribution in [3.8, 4) is 0 Å². The van der Waals surface area contributed by atoms with E-state index in [1.165, 1.54) is 6.42 Å². The molecule has 18 heavy (non-hydrogen) atoms. The average Bonchev–Trinajstić information content (AvgIpc) is 2.38. The van der Waals surface area contributed by atoms with E-state index in [2.05, 4.69) is 15.3 Å². The molecule has 0 unspecified atom stereocenters. The van der Waals surface area contributed by atoms with Crippen LogP contribution in [-0.4, -0.2) is 27.6 Å². The van der Waals surface area contributed by atoms with E-state index in [4.69, 9.17) is 5.11 Å². The molecule has 1 aliphatic carbocycles. The molecule has 1 aliphatic rings. The maximum absolute atomic E-state index is 11.0. The second kappa shape index (κ2) is 5.80. The molecule has 1 aromatic heterocycles. The van der Waals surface area contributed by atoms with Gasteiger partial charge in [0.1, 0.15) is 5.82 Å². The lowest BCUT2D eigenvalue weighted by atomic mass is 9.72.